The number of alkyl halides is 3. The fourth-order valence-corrected chi connectivity index (χ4v) is 3.68. The molecule has 0 bridgehead atoms. The standard InChI is InChI=1S/C23H16Cl3F3N2O3/c1-11-9-17(30-22(33)31-21(32)14-5-3-4-6-15(14)24)12(2)19(26)20(11)34-18-8-7-13(10-16(18)25)23(27,28)29/h3-10H,1-2H3,(H2,30,31,32,33). The summed E-state index contributed by atoms with van der Waals surface area (Å²) in [4.78, 5) is 24.6. The molecule has 0 saturated carbocycles. The van der Waals surface area contributed by atoms with Crippen LogP contribution in [0.25, 0.3) is 0 Å². The summed E-state index contributed by atoms with van der Waals surface area (Å²) < 4.78 is 44.3. The molecule has 0 atom stereocenters. The molecule has 0 spiro atoms. The predicted molar refractivity (Wildman–Crippen MR) is 125 cm³/mol. The van der Waals surface area contributed by atoms with Gasteiger partial charge in [-0.3, -0.25) is 10.1 Å². The Morgan fingerprint density at radius 3 is 2.24 bits per heavy atom. The molecule has 0 heterocycles. The second-order valence-corrected chi connectivity index (χ2v) is 8.33. The van der Waals surface area contributed by atoms with Crippen molar-refractivity contribution >= 4 is 52.4 Å². The molecule has 0 saturated heterocycles. The highest BCUT2D eigenvalue weighted by Crippen LogP contribution is 2.42. The van der Waals surface area contributed by atoms with E-state index in [1.54, 1.807) is 26.0 Å². The van der Waals surface area contributed by atoms with Gasteiger partial charge in [0, 0.05) is 5.69 Å². The van der Waals surface area contributed by atoms with Gasteiger partial charge in [-0.05, 0) is 61.4 Å². The van der Waals surface area contributed by atoms with Crippen molar-refractivity contribution in [2.24, 2.45) is 0 Å². The highest BCUT2D eigenvalue weighted by Gasteiger charge is 2.31. The van der Waals surface area contributed by atoms with Crippen LogP contribution in [0.15, 0.2) is 48.5 Å². The van der Waals surface area contributed by atoms with Crippen molar-refractivity contribution in [2.75, 3.05) is 5.32 Å². The Labute approximate surface area is 207 Å². The first-order valence-electron chi connectivity index (χ1n) is 9.59. The van der Waals surface area contributed by atoms with Crippen LogP contribution in [0.4, 0.5) is 23.7 Å². The summed E-state index contributed by atoms with van der Waals surface area (Å²) in [5.41, 5.74) is 0.353. The van der Waals surface area contributed by atoms with Crippen LogP contribution in [-0.2, 0) is 6.18 Å². The average Bonchev–Trinajstić information content (AvgIpc) is 2.75. The summed E-state index contributed by atoms with van der Waals surface area (Å²) in [5, 5.41) is 4.75. The first-order chi connectivity index (χ1) is 15.9. The molecule has 0 radical (unpaired) electrons. The molecule has 0 aliphatic carbocycles. The third-order valence-corrected chi connectivity index (χ3v) is 5.80. The van der Waals surface area contributed by atoms with Gasteiger partial charge in [0.15, 0.2) is 0 Å². The lowest BCUT2D eigenvalue weighted by Crippen LogP contribution is -2.34. The summed E-state index contributed by atoms with van der Waals surface area (Å²) >= 11 is 18.3. The number of benzene rings is 3. The Morgan fingerprint density at radius 2 is 1.62 bits per heavy atom. The number of carbonyl (C=O) groups is 2. The van der Waals surface area contributed by atoms with Gasteiger partial charge in [-0.1, -0.05) is 46.9 Å². The van der Waals surface area contributed by atoms with Crippen LogP contribution in [0.1, 0.15) is 27.0 Å². The van der Waals surface area contributed by atoms with Gasteiger partial charge in [-0.2, -0.15) is 13.2 Å². The monoisotopic (exact) mass is 530 g/mol. The summed E-state index contributed by atoms with van der Waals surface area (Å²) in [6.45, 7) is 3.21. The van der Waals surface area contributed by atoms with E-state index in [1.165, 1.54) is 18.2 Å². The third-order valence-electron chi connectivity index (χ3n) is 4.72. The lowest BCUT2D eigenvalue weighted by molar-refractivity contribution is -0.137. The summed E-state index contributed by atoms with van der Waals surface area (Å²) in [6, 6.07) is 9.64. The van der Waals surface area contributed by atoms with Gasteiger partial charge < -0.3 is 10.1 Å². The van der Waals surface area contributed by atoms with Gasteiger partial charge in [0.25, 0.3) is 5.91 Å². The van der Waals surface area contributed by atoms with E-state index in [1.807, 2.05) is 0 Å². The van der Waals surface area contributed by atoms with Crippen molar-refractivity contribution in [1.82, 2.24) is 5.32 Å². The summed E-state index contributed by atoms with van der Waals surface area (Å²) in [5.74, 6) is -0.567. The maximum Gasteiger partial charge on any atom is 0.416 e. The molecular weight excluding hydrogens is 516 g/mol. The second kappa shape index (κ2) is 10.1. The zero-order valence-corrected chi connectivity index (χ0v) is 19.9. The van der Waals surface area contributed by atoms with E-state index in [2.05, 4.69) is 10.6 Å². The zero-order chi connectivity index (χ0) is 25.2. The smallest absolute Gasteiger partial charge is 0.416 e. The molecule has 0 aliphatic rings. The van der Waals surface area contributed by atoms with Crippen LogP contribution in [0.2, 0.25) is 15.1 Å². The van der Waals surface area contributed by atoms with E-state index >= 15 is 0 Å². The van der Waals surface area contributed by atoms with E-state index in [4.69, 9.17) is 39.5 Å². The van der Waals surface area contributed by atoms with Crippen LogP contribution in [-0.4, -0.2) is 11.9 Å². The van der Waals surface area contributed by atoms with Crippen LogP contribution < -0.4 is 15.4 Å². The normalized spacial score (nSPS) is 11.2. The van der Waals surface area contributed by atoms with Gasteiger partial charge in [0.2, 0.25) is 0 Å². The summed E-state index contributed by atoms with van der Waals surface area (Å²) in [6.07, 6.45) is -4.55. The average molecular weight is 532 g/mol. The molecule has 0 aromatic heterocycles. The van der Waals surface area contributed by atoms with Gasteiger partial charge in [-0.15, -0.1) is 0 Å². The number of carbonyl (C=O) groups excluding carboxylic acids is 2. The number of aryl methyl sites for hydroxylation is 1. The van der Waals surface area contributed by atoms with Crippen molar-refractivity contribution in [3.63, 3.8) is 0 Å². The minimum atomic E-state index is -4.55. The minimum Gasteiger partial charge on any atom is -0.454 e. The molecule has 2 N–H and O–H groups in total. The fraction of sp³-hybridized carbons (Fsp3) is 0.130. The molecule has 0 unspecified atom stereocenters. The zero-order valence-electron chi connectivity index (χ0n) is 17.6. The lowest BCUT2D eigenvalue weighted by atomic mass is 10.1. The predicted octanol–water partition coefficient (Wildman–Crippen LogP) is 8.04. The van der Waals surface area contributed by atoms with Crippen LogP contribution in [0, 0.1) is 13.8 Å². The molecule has 5 nitrogen and oxygen atoms in total. The lowest BCUT2D eigenvalue weighted by Gasteiger charge is -2.18. The molecule has 3 rings (SSSR count). The van der Waals surface area contributed by atoms with E-state index in [9.17, 15) is 22.8 Å². The minimum absolute atomic E-state index is 0.0251. The molecule has 11 heteroatoms. The van der Waals surface area contributed by atoms with E-state index in [0.29, 0.717) is 11.1 Å². The maximum absolute atomic E-state index is 12.9. The fourth-order valence-electron chi connectivity index (χ4n) is 2.95. The topological polar surface area (TPSA) is 67.4 Å². The second-order valence-electron chi connectivity index (χ2n) is 7.14. The van der Waals surface area contributed by atoms with Gasteiger partial charge in [0.1, 0.15) is 11.5 Å². The number of halogens is 6. The SMILES string of the molecule is Cc1cc(NC(=O)NC(=O)c2ccccc2Cl)c(C)c(Cl)c1Oc1ccc(C(F)(F)F)cc1Cl. The number of nitrogens with one attached hydrogen (secondary N) is 2. The number of rotatable bonds is 4. The molecule has 178 valence electrons. The number of hydrogen-bond acceptors (Lipinski definition) is 3. The Hall–Kier alpha value is -2.94. The Morgan fingerprint density at radius 1 is 0.941 bits per heavy atom. The highest BCUT2D eigenvalue weighted by molar-refractivity contribution is 6.34. The van der Waals surface area contributed by atoms with Gasteiger partial charge >= 0.3 is 12.2 Å². The molecule has 3 aromatic rings. The maximum atomic E-state index is 12.9. The van der Waals surface area contributed by atoms with Gasteiger partial charge in [0.05, 0.1) is 26.2 Å². The Kier molecular flexibility index (Phi) is 7.65. The van der Waals surface area contributed by atoms with Crippen molar-refractivity contribution in [3.8, 4) is 11.5 Å². The first kappa shape index (κ1) is 25.7. The van der Waals surface area contributed by atoms with Gasteiger partial charge in [-0.25, -0.2) is 4.79 Å². The largest absolute Gasteiger partial charge is 0.454 e. The number of amides is 3. The molecule has 34 heavy (non-hydrogen) atoms. The highest BCUT2D eigenvalue weighted by atomic mass is 35.5. The van der Waals surface area contributed by atoms with E-state index < -0.39 is 23.7 Å². The van der Waals surface area contributed by atoms with Crippen LogP contribution in [0.5, 0.6) is 11.5 Å². The van der Waals surface area contributed by atoms with Crippen molar-refractivity contribution in [1.29, 1.82) is 0 Å². The quantitative estimate of drug-likeness (QED) is 0.358. The molecular formula is C23H16Cl3F3N2O3. The van der Waals surface area contributed by atoms with Crippen molar-refractivity contribution < 1.29 is 27.5 Å². The molecule has 3 aromatic carbocycles. The number of ether oxygens (including phenoxy) is 1. The molecule has 3 amide bonds. The Balaban J connectivity index is 1.80. The van der Waals surface area contributed by atoms with Crippen molar-refractivity contribution in [2.45, 2.75) is 20.0 Å². The van der Waals surface area contributed by atoms with Crippen LogP contribution in [0.3, 0.4) is 0 Å². The van der Waals surface area contributed by atoms with E-state index in [-0.39, 0.29) is 37.8 Å². The molecule has 0 fully saturated rings. The number of hydrogen-bond donors (Lipinski definition) is 2. The summed E-state index contributed by atoms with van der Waals surface area (Å²) in [7, 11) is 0. The number of anilines is 1. The first-order valence-corrected chi connectivity index (χ1v) is 10.7. The third kappa shape index (κ3) is 5.75. The number of urea groups is 1. The van der Waals surface area contributed by atoms with E-state index in [0.717, 1.165) is 18.2 Å². The Bertz CT molecular complexity index is 1280. The molecule has 0 aliphatic heterocycles. The van der Waals surface area contributed by atoms with Crippen molar-refractivity contribution in [3.05, 3.63) is 85.9 Å². The van der Waals surface area contributed by atoms with Crippen LogP contribution >= 0.6 is 34.8 Å². The number of imide groups is 1.